The van der Waals surface area contributed by atoms with Crippen molar-refractivity contribution < 1.29 is 9.90 Å². The average Bonchev–Trinajstić information content (AvgIpc) is 2.80. The van der Waals surface area contributed by atoms with E-state index in [1.165, 1.54) is 11.3 Å². The van der Waals surface area contributed by atoms with Crippen molar-refractivity contribution in [2.45, 2.75) is 6.42 Å². The smallest absolute Gasteiger partial charge is 0.151 e. The van der Waals surface area contributed by atoms with Crippen LogP contribution in [0.5, 0.6) is 0 Å². The molecule has 0 bridgehead atoms. The Morgan fingerprint density at radius 3 is 2.88 bits per heavy atom. The summed E-state index contributed by atoms with van der Waals surface area (Å²) in [5, 5.41) is 10.8. The van der Waals surface area contributed by atoms with Crippen molar-refractivity contribution in [3.05, 3.63) is 40.8 Å². The summed E-state index contributed by atoms with van der Waals surface area (Å²) in [5.41, 5.74) is 9.15. The van der Waals surface area contributed by atoms with E-state index < -0.39 is 0 Å². The van der Waals surface area contributed by atoms with Crippen LogP contribution < -0.4 is 5.73 Å². The van der Waals surface area contributed by atoms with E-state index in [4.69, 9.17) is 10.8 Å². The zero-order valence-corrected chi connectivity index (χ0v) is 10.0. The molecule has 0 aliphatic heterocycles. The molecule has 1 heterocycles. The highest BCUT2D eigenvalue weighted by molar-refractivity contribution is 7.14. The number of carbonyl (C=O) groups is 1. The van der Waals surface area contributed by atoms with Crippen LogP contribution in [0.2, 0.25) is 0 Å². The van der Waals surface area contributed by atoms with Gasteiger partial charge in [0.25, 0.3) is 0 Å². The lowest BCUT2D eigenvalue weighted by atomic mass is 10.0. The first-order chi connectivity index (χ1) is 8.27. The Balaban J connectivity index is 2.52. The van der Waals surface area contributed by atoms with Crippen molar-refractivity contribution in [1.82, 2.24) is 0 Å². The van der Waals surface area contributed by atoms with Crippen molar-refractivity contribution in [2.75, 3.05) is 12.3 Å². The number of aliphatic hydroxyl groups excluding tert-OH is 1. The minimum absolute atomic E-state index is 0.0681. The number of thiophene rings is 1. The Morgan fingerprint density at radius 2 is 2.18 bits per heavy atom. The standard InChI is InChI=1S/C13H13NO2S/c14-12-9(4-6-15)2-1-3-11(12)13-10(8-16)5-7-17-13/h1-3,5,7-8,15H,4,6,14H2. The number of anilines is 1. The van der Waals surface area contributed by atoms with Crippen LogP contribution in [-0.2, 0) is 6.42 Å². The van der Waals surface area contributed by atoms with E-state index in [1.54, 1.807) is 6.07 Å². The predicted molar refractivity (Wildman–Crippen MR) is 70.3 cm³/mol. The van der Waals surface area contributed by atoms with E-state index in [9.17, 15) is 4.79 Å². The van der Waals surface area contributed by atoms with Gasteiger partial charge in [0.05, 0.1) is 0 Å². The summed E-state index contributed by atoms with van der Waals surface area (Å²) >= 11 is 1.49. The molecule has 1 aromatic heterocycles. The summed E-state index contributed by atoms with van der Waals surface area (Å²) in [4.78, 5) is 11.8. The summed E-state index contributed by atoms with van der Waals surface area (Å²) in [6, 6.07) is 7.47. The van der Waals surface area contributed by atoms with Gasteiger partial charge in [0, 0.05) is 28.3 Å². The summed E-state index contributed by atoms with van der Waals surface area (Å²) < 4.78 is 0. The van der Waals surface area contributed by atoms with Crippen LogP contribution in [0.1, 0.15) is 15.9 Å². The summed E-state index contributed by atoms with van der Waals surface area (Å²) in [7, 11) is 0. The Morgan fingerprint density at radius 1 is 1.35 bits per heavy atom. The van der Waals surface area contributed by atoms with Crippen LogP contribution in [0.4, 0.5) is 5.69 Å². The number of aliphatic hydroxyl groups is 1. The first-order valence-electron chi connectivity index (χ1n) is 5.29. The first kappa shape index (κ1) is 11.8. The fourth-order valence-corrected chi connectivity index (χ4v) is 2.69. The molecule has 0 amide bonds. The van der Waals surface area contributed by atoms with Crippen molar-refractivity contribution >= 4 is 23.3 Å². The second-order valence-corrected chi connectivity index (χ2v) is 4.59. The summed E-state index contributed by atoms with van der Waals surface area (Å²) in [6.07, 6.45) is 1.37. The third-order valence-electron chi connectivity index (χ3n) is 2.64. The third-order valence-corrected chi connectivity index (χ3v) is 3.61. The molecule has 3 N–H and O–H groups in total. The quantitative estimate of drug-likeness (QED) is 0.644. The molecule has 2 rings (SSSR count). The topological polar surface area (TPSA) is 63.3 Å². The molecule has 3 nitrogen and oxygen atoms in total. The Labute approximate surface area is 104 Å². The average molecular weight is 247 g/mol. The Kier molecular flexibility index (Phi) is 3.56. The van der Waals surface area contributed by atoms with Crippen LogP contribution in [0.25, 0.3) is 10.4 Å². The van der Waals surface area contributed by atoms with Gasteiger partial charge in [-0.05, 0) is 23.4 Å². The molecule has 88 valence electrons. The van der Waals surface area contributed by atoms with Gasteiger partial charge < -0.3 is 10.8 Å². The first-order valence-corrected chi connectivity index (χ1v) is 6.17. The van der Waals surface area contributed by atoms with Crippen LogP contribution in [0.15, 0.2) is 29.6 Å². The minimum atomic E-state index is 0.0681. The fourth-order valence-electron chi connectivity index (χ4n) is 1.78. The summed E-state index contributed by atoms with van der Waals surface area (Å²) in [6.45, 7) is 0.0681. The molecule has 0 saturated heterocycles. The number of para-hydroxylation sites is 1. The van der Waals surface area contributed by atoms with Gasteiger partial charge in [0.2, 0.25) is 0 Å². The van der Waals surface area contributed by atoms with Crippen LogP contribution in [0.3, 0.4) is 0 Å². The molecule has 0 radical (unpaired) electrons. The molecule has 0 aliphatic rings. The maximum atomic E-state index is 10.9. The zero-order chi connectivity index (χ0) is 12.3. The number of hydrogen-bond donors (Lipinski definition) is 2. The molecule has 0 spiro atoms. The molecule has 17 heavy (non-hydrogen) atoms. The second-order valence-electron chi connectivity index (χ2n) is 3.67. The lowest BCUT2D eigenvalue weighted by Crippen LogP contribution is -1.99. The van der Waals surface area contributed by atoms with Gasteiger partial charge in [0.15, 0.2) is 6.29 Å². The van der Waals surface area contributed by atoms with E-state index in [2.05, 4.69) is 0 Å². The normalized spacial score (nSPS) is 10.4. The fraction of sp³-hybridized carbons (Fsp3) is 0.154. The highest BCUT2D eigenvalue weighted by Gasteiger charge is 2.11. The maximum absolute atomic E-state index is 10.9. The summed E-state index contributed by atoms with van der Waals surface area (Å²) in [5.74, 6) is 0. The molecule has 0 atom stereocenters. The highest BCUT2D eigenvalue weighted by Crippen LogP contribution is 2.34. The van der Waals surface area contributed by atoms with Gasteiger partial charge in [-0.15, -0.1) is 11.3 Å². The third kappa shape index (κ3) is 2.23. The van der Waals surface area contributed by atoms with E-state index in [1.807, 2.05) is 23.6 Å². The van der Waals surface area contributed by atoms with Crippen molar-refractivity contribution in [1.29, 1.82) is 0 Å². The predicted octanol–water partition coefficient (Wildman–Crippen LogP) is 2.34. The van der Waals surface area contributed by atoms with E-state index >= 15 is 0 Å². The lowest BCUT2D eigenvalue weighted by molar-refractivity contribution is 0.112. The van der Waals surface area contributed by atoms with Gasteiger partial charge in [-0.25, -0.2) is 0 Å². The Hall–Kier alpha value is -1.65. The lowest BCUT2D eigenvalue weighted by Gasteiger charge is -2.09. The number of benzene rings is 1. The van der Waals surface area contributed by atoms with E-state index in [0.717, 1.165) is 22.3 Å². The van der Waals surface area contributed by atoms with Gasteiger partial charge >= 0.3 is 0 Å². The molecule has 0 unspecified atom stereocenters. The Bertz CT molecular complexity index is 534. The minimum Gasteiger partial charge on any atom is -0.398 e. The molecular weight excluding hydrogens is 234 g/mol. The van der Waals surface area contributed by atoms with Crippen LogP contribution in [-0.4, -0.2) is 18.0 Å². The highest BCUT2D eigenvalue weighted by atomic mass is 32.1. The molecular formula is C13H13NO2S. The van der Waals surface area contributed by atoms with Crippen LogP contribution >= 0.6 is 11.3 Å². The molecule has 2 aromatic rings. The number of nitrogens with two attached hydrogens (primary N) is 1. The van der Waals surface area contributed by atoms with E-state index in [-0.39, 0.29) is 6.61 Å². The maximum Gasteiger partial charge on any atom is 0.151 e. The van der Waals surface area contributed by atoms with E-state index in [0.29, 0.717) is 17.7 Å². The second kappa shape index (κ2) is 5.12. The van der Waals surface area contributed by atoms with Gasteiger partial charge in [-0.3, -0.25) is 4.79 Å². The number of hydrogen-bond acceptors (Lipinski definition) is 4. The monoisotopic (exact) mass is 247 g/mol. The SMILES string of the molecule is Nc1c(CCO)cccc1-c1sccc1C=O. The van der Waals surface area contributed by atoms with Crippen LogP contribution in [0, 0.1) is 0 Å². The molecule has 0 saturated carbocycles. The van der Waals surface area contributed by atoms with Gasteiger partial charge in [-0.1, -0.05) is 18.2 Å². The largest absolute Gasteiger partial charge is 0.398 e. The van der Waals surface area contributed by atoms with Crippen molar-refractivity contribution in [3.8, 4) is 10.4 Å². The van der Waals surface area contributed by atoms with Crippen molar-refractivity contribution in [2.24, 2.45) is 0 Å². The van der Waals surface area contributed by atoms with Crippen molar-refractivity contribution in [3.63, 3.8) is 0 Å². The van der Waals surface area contributed by atoms with Gasteiger partial charge in [-0.2, -0.15) is 0 Å². The molecule has 1 aromatic carbocycles. The number of carbonyl (C=O) groups excluding carboxylic acids is 1. The molecule has 0 aliphatic carbocycles. The molecule has 0 fully saturated rings. The number of aldehydes is 1. The number of rotatable bonds is 4. The number of nitrogen functional groups attached to an aromatic ring is 1. The molecule has 4 heteroatoms. The van der Waals surface area contributed by atoms with Gasteiger partial charge in [0.1, 0.15) is 0 Å². The zero-order valence-electron chi connectivity index (χ0n) is 9.22.